The summed E-state index contributed by atoms with van der Waals surface area (Å²) in [6.07, 6.45) is 1.64. The first-order valence-corrected chi connectivity index (χ1v) is 6.80. The number of hydrogen-bond donors (Lipinski definition) is 2. The fourth-order valence-electron chi connectivity index (χ4n) is 1.59. The van der Waals surface area contributed by atoms with E-state index in [9.17, 15) is 4.79 Å². The molecule has 1 aromatic carbocycles. The summed E-state index contributed by atoms with van der Waals surface area (Å²) in [5, 5.41) is 5.41. The predicted octanol–water partition coefficient (Wildman–Crippen LogP) is 3.27. The standard InChI is InChI=1S/C16H18N4O2/c1-11(2)10-18-15(21)20-13-4-6-14(7-5-13)22-16-17-9-8-12(3)19-16/h4-9H,1,10H2,2-3H3,(H2,18,20,21). The topological polar surface area (TPSA) is 76.1 Å². The predicted molar refractivity (Wildman–Crippen MR) is 85.1 cm³/mol. The maximum Gasteiger partial charge on any atom is 0.322 e. The molecule has 0 fully saturated rings. The van der Waals surface area contributed by atoms with E-state index in [1.165, 1.54) is 0 Å². The van der Waals surface area contributed by atoms with Crippen LogP contribution in [-0.4, -0.2) is 22.5 Å². The van der Waals surface area contributed by atoms with Gasteiger partial charge in [0.2, 0.25) is 0 Å². The first-order chi connectivity index (χ1) is 10.5. The van der Waals surface area contributed by atoms with Gasteiger partial charge in [0, 0.05) is 24.1 Å². The number of benzene rings is 1. The molecule has 0 unspecified atom stereocenters. The minimum atomic E-state index is -0.279. The number of urea groups is 1. The summed E-state index contributed by atoms with van der Waals surface area (Å²) >= 11 is 0. The number of nitrogens with zero attached hydrogens (tertiary/aromatic N) is 2. The van der Waals surface area contributed by atoms with Crippen LogP contribution < -0.4 is 15.4 Å². The number of carbonyl (C=O) groups is 1. The molecular formula is C16H18N4O2. The summed E-state index contributed by atoms with van der Waals surface area (Å²) in [4.78, 5) is 19.8. The minimum Gasteiger partial charge on any atom is -0.424 e. The van der Waals surface area contributed by atoms with Gasteiger partial charge < -0.3 is 15.4 Å². The molecule has 0 radical (unpaired) electrons. The van der Waals surface area contributed by atoms with E-state index < -0.39 is 0 Å². The van der Waals surface area contributed by atoms with E-state index in [0.717, 1.165) is 11.3 Å². The second-order valence-corrected chi connectivity index (χ2v) is 4.87. The number of hydrogen-bond acceptors (Lipinski definition) is 4. The lowest BCUT2D eigenvalue weighted by Crippen LogP contribution is -2.29. The highest BCUT2D eigenvalue weighted by Gasteiger charge is 2.03. The number of ether oxygens (including phenoxy) is 1. The van der Waals surface area contributed by atoms with E-state index in [0.29, 0.717) is 24.0 Å². The Hall–Kier alpha value is -2.89. The van der Waals surface area contributed by atoms with E-state index in [1.54, 1.807) is 36.5 Å². The van der Waals surface area contributed by atoms with Gasteiger partial charge in [0.05, 0.1) is 0 Å². The molecule has 22 heavy (non-hydrogen) atoms. The van der Waals surface area contributed by atoms with E-state index in [-0.39, 0.29) is 6.03 Å². The molecule has 2 rings (SSSR count). The molecule has 0 saturated heterocycles. The first-order valence-electron chi connectivity index (χ1n) is 6.80. The summed E-state index contributed by atoms with van der Waals surface area (Å²) in [5.74, 6) is 0.596. The van der Waals surface area contributed by atoms with Crippen LogP contribution in [0.1, 0.15) is 12.6 Å². The van der Waals surface area contributed by atoms with Gasteiger partial charge in [-0.2, -0.15) is 0 Å². The van der Waals surface area contributed by atoms with Crippen LogP contribution in [0.2, 0.25) is 0 Å². The molecule has 2 aromatic rings. The third kappa shape index (κ3) is 4.90. The molecule has 6 nitrogen and oxygen atoms in total. The average Bonchev–Trinajstić information content (AvgIpc) is 2.47. The summed E-state index contributed by atoms with van der Waals surface area (Å²) in [7, 11) is 0. The Bertz CT molecular complexity index is 668. The summed E-state index contributed by atoms with van der Waals surface area (Å²) in [5.41, 5.74) is 2.38. The van der Waals surface area contributed by atoms with E-state index >= 15 is 0 Å². The van der Waals surface area contributed by atoms with Crippen LogP contribution in [0.25, 0.3) is 0 Å². The molecule has 0 aliphatic carbocycles. The molecule has 0 aliphatic rings. The van der Waals surface area contributed by atoms with Crippen molar-refractivity contribution in [1.29, 1.82) is 0 Å². The molecule has 0 bridgehead atoms. The van der Waals surface area contributed by atoms with Crippen molar-refractivity contribution in [2.75, 3.05) is 11.9 Å². The van der Waals surface area contributed by atoms with Gasteiger partial charge in [0.15, 0.2) is 0 Å². The molecule has 114 valence electrons. The summed E-state index contributed by atoms with van der Waals surface area (Å²) < 4.78 is 5.54. The fourth-order valence-corrected chi connectivity index (χ4v) is 1.59. The van der Waals surface area contributed by atoms with Crippen LogP contribution >= 0.6 is 0 Å². The zero-order valence-electron chi connectivity index (χ0n) is 12.6. The highest BCUT2D eigenvalue weighted by Crippen LogP contribution is 2.20. The number of anilines is 1. The molecule has 0 saturated carbocycles. The highest BCUT2D eigenvalue weighted by molar-refractivity contribution is 5.89. The largest absolute Gasteiger partial charge is 0.424 e. The van der Waals surface area contributed by atoms with E-state index in [4.69, 9.17) is 4.74 Å². The normalized spacial score (nSPS) is 9.91. The lowest BCUT2D eigenvalue weighted by atomic mass is 10.3. The van der Waals surface area contributed by atoms with Gasteiger partial charge >= 0.3 is 12.0 Å². The zero-order chi connectivity index (χ0) is 15.9. The summed E-state index contributed by atoms with van der Waals surface area (Å²) in [6, 6.07) is 8.76. The van der Waals surface area contributed by atoms with Crippen LogP contribution in [0.15, 0.2) is 48.7 Å². The lowest BCUT2D eigenvalue weighted by molar-refractivity contribution is 0.253. The van der Waals surface area contributed by atoms with Gasteiger partial charge in [-0.3, -0.25) is 0 Å². The molecule has 0 atom stereocenters. The van der Waals surface area contributed by atoms with Gasteiger partial charge in [-0.15, -0.1) is 0 Å². The highest BCUT2D eigenvalue weighted by atomic mass is 16.5. The van der Waals surface area contributed by atoms with Crippen LogP contribution in [0, 0.1) is 6.92 Å². The Kier molecular flexibility index (Phi) is 5.08. The van der Waals surface area contributed by atoms with Crippen molar-refractivity contribution in [2.45, 2.75) is 13.8 Å². The monoisotopic (exact) mass is 298 g/mol. The smallest absolute Gasteiger partial charge is 0.322 e. The van der Waals surface area contributed by atoms with Gasteiger partial charge in [-0.25, -0.2) is 14.8 Å². The van der Waals surface area contributed by atoms with Crippen LogP contribution in [-0.2, 0) is 0 Å². The average molecular weight is 298 g/mol. The molecule has 2 amide bonds. The van der Waals surface area contributed by atoms with Crippen LogP contribution in [0.4, 0.5) is 10.5 Å². The molecular weight excluding hydrogens is 280 g/mol. The molecule has 2 N–H and O–H groups in total. The summed E-state index contributed by atoms with van der Waals surface area (Å²) in [6.45, 7) is 7.88. The Morgan fingerprint density at radius 3 is 2.64 bits per heavy atom. The Morgan fingerprint density at radius 1 is 1.27 bits per heavy atom. The zero-order valence-corrected chi connectivity index (χ0v) is 12.6. The number of carbonyl (C=O) groups excluding carboxylic acids is 1. The third-order valence-electron chi connectivity index (χ3n) is 2.64. The van der Waals surface area contributed by atoms with Crippen molar-refractivity contribution in [2.24, 2.45) is 0 Å². The van der Waals surface area contributed by atoms with Crippen LogP contribution in [0.5, 0.6) is 11.8 Å². The second-order valence-electron chi connectivity index (χ2n) is 4.87. The van der Waals surface area contributed by atoms with Crippen molar-refractivity contribution in [1.82, 2.24) is 15.3 Å². The van der Waals surface area contributed by atoms with E-state index in [2.05, 4.69) is 27.2 Å². The minimum absolute atomic E-state index is 0.279. The second kappa shape index (κ2) is 7.21. The molecule has 1 aromatic heterocycles. The number of aromatic nitrogens is 2. The van der Waals surface area contributed by atoms with Crippen molar-refractivity contribution in [3.8, 4) is 11.8 Å². The Balaban J connectivity index is 1.92. The quantitative estimate of drug-likeness (QED) is 0.831. The fraction of sp³-hybridized carbons (Fsp3) is 0.188. The van der Waals surface area contributed by atoms with Crippen molar-refractivity contribution >= 4 is 11.7 Å². The number of amides is 2. The molecule has 1 heterocycles. The first kappa shape index (κ1) is 15.5. The Labute approximate surface area is 129 Å². The maximum atomic E-state index is 11.6. The Morgan fingerprint density at radius 2 is 2.00 bits per heavy atom. The SMILES string of the molecule is C=C(C)CNC(=O)Nc1ccc(Oc2nccc(C)n2)cc1. The molecule has 6 heteroatoms. The third-order valence-corrected chi connectivity index (χ3v) is 2.64. The molecule has 0 aliphatic heterocycles. The number of nitrogens with one attached hydrogen (secondary N) is 2. The van der Waals surface area contributed by atoms with E-state index in [1.807, 2.05) is 13.8 Å². The van der Waals surface area contributed by atoms with Crippen molar-refractivity contribution in [3.63, 3.8) is 0 Å². The van der Waals surface area contributed by atoms with Crippen molar-refractivity contribution in [3.05, 3.63) is 54.4 Å². The maximum absolute atomic E-state index is 11.6. The number of rotatable bonds is 5. The van der Waals surface area contributed by atoms with Gasteiger partial charge in [-0.05, 0) is 44.2 Å². The van der Waals surface area contributed by atoms with Gasteiger partial charge in [0.1, 0.15) is 5.75 Å². The number of aryl methyl sites for hydroxylation is 1. The van der Waals surface area contributed by atoms with Crippen molar-refractivity contribution < 1.29 is 9.53 Å². The lowest BCUT2D eigenvalue weighted by Gasteiger charge is -2.08. The molecule has 0 spiro atoms. The van der Waals surface area contributed by atoms with Gasteiger partial charge in [-0.1, -0.05) is 12.2 Å². The van der Waals surface area contributed by atoms with Gasteiger partial charge in [0.25, 0.3) is 0 Å². The van der Waals surface area contributed by atoms with Crippen LogP contribution in [0.3, 0.4) is 0 Å².